The summed E-state index contributed by atoms with van der Waals surface area (Å²) in [5.41, 5.74) is 2.42. The van der Waals surface area contributed by atoms with Crippen LogP contribution in [0.25, 0.3) is 0 Å². The molecule has 0 amide bonds. The van der Waals surface area contributed by atoms with Crippen LogP contribution < -0.4 is 34.9 Å². The predicted octanol–water partition coefficient (Wildman–Crippen LogP) is -0.677. The largest absolute Gasteiger partial charge is 1.00 e. The predicted molar refractivity (Wildman–Crippen MR) is 55.9 cm³/mol. The molecule has 0 atom stereocenters. The Hall–Kier alpha value is -0.530. The first-order valence-electron chi connectivity index (χ1n) is 3.82. The topological polar surface area (TPSA) is 35.8 Å². The van der Waals surface area contributed by atoms with Gasteiger partial charge in [0, 0.05) is 5.69 Å². The monoisotopic (exact) mass is 212 g/mol. The number of hydrogen-bond donors (Lipinski definition) is 1. The smallest absolute Gasteiger partial charge is 0.785 e. The van der Waals surface area contributed by atoms with Crippen LogP contribution in [0, 0.1) is 18.3 Å². The summed E-state index contributed by atoms with van der Waals surface area (Å²) in [5.74, 6) is 0. The zero-order valence-electron chi connectivity index (χ0n) is 8.24. The average molecular weight is 212 g/mol. The van der Waals surface area contributed by atoms with Crippen molar-refractivity contribution in [3.63, 3.8) is 0 Å². The third-order valence-corrected chi connectivity index (χ3v) is 1.77. The van der Waals surface area contributed by atoms with Gasteiger partial charge in [0.05, 0.1) is 5.70 Å². The van der Waals surface area contributed by atoms with Crippen molar-refractivity contribution < 1.29 is 29.6 Å². The number of rotatable bonds is 2. The Morgan fingerprint density at radius 3 is 2.79 bits per heavy atom. The minimum absolute atomic E-state index is 0. The Kier molecular flexibility index (Phi) is 6.60. The Bertz CT molecular complexity index is 369. The molecule has 0 fully saturated rings. The van der Waals surface area contributed by atoms with Gasteiger partial charge >= 0.3 is 29.6 Å². The fraction of sp³-hybridized carbons (Fsp3) is 0.100. The van der Waals surface area contributed by atoms with Crippen LogP contribution in [0.5, 0.6) is 0 Å². The molecule has 0 aliphatic rings. The normalized spacial score (nSPS) is 9.86. The van der Waals surface area contributed by atoms with Gasteiger partial charge in [-0.2, -0.15) is 10.7 Å². The van der Waals surface area contributed by atoms with E-state index in [4.69, 9.17) is 5.26 Å². The van der Waals surface area contributed by atoms with Crippen LogP contribution in [0.3, 0.4) is 0 Å². The van der Waals surface area contributed by atoms with Gasteiger partial charge in [0.2, 0.25) is 0 Å². The van der Waals surface area contributed by atoms with E-state index < -0.39 is 0 Å². The molecular weight excluding hydrogens is 203 g/mol. The molecule has 0 aromatic heterocycles. The molecule has 14 heavy (non-hydrogen) atoms. The molecule has 0 radical (unpaired) electrons. The molecule has 1 aromatic carbocycles. The summed E-state index contributed by atoms with van der Waals surface area (Å²) in [5, 5.41) is 12.9. The van der Waals surface area contributed by atoms with Gasteiger partial charge in [-0.05, 0) is 24.6 Å². The van der Waals surface area contributed by atoms with Gasteiger partial charge in [-0.25, -0.2) is 0 Å². The molecule has 0 saturated heterocycles. The average Bonchev–Trinajstić information content (AvgIpc) is 2.14. The van der Waals surface area contributed by atoms with E-state index in [1.165, 1.54) is 5.41 Å². The van der Waals surface area contributed by atoms with Crippen LogP contribution in [0.2, 0.25) is 0 Å². The van der Waals surface area contributed by atoms with E-state index in [-0.39, 0.29) is 29.6 Å². The summed E-state index contributed by atoms with van der Waals surface area (Å²) in [7, 11) is 0. The fourth-order valence-electron chi connectivity index (χ4n) is 0.962. The summed E-state index contributed by atoms with van der Waals surface area (Å²) in [4.78, 5) is 0. The van der Waals surface area contributed by atoms with Crippen molar-refractivity contribution in [2.75, 3.05) is 5.32 Å². The van der Waals surface area contributed by atoms with Gasteiger partial charge in [0.1, 0.15) is 6.07 Å². The van der Waals surface area contributed by atoms with Crippen molar-refractivity contribution in [3.8, 4) is 6.07 Å². The molecule has 0 bridgehead atoms. The molecule has 2 nitrogen and oxygen atoms in total. The maximum absolute atomic E-state index is 8.61. The van der Waals surface area contributed by atoms with E-state index in [1.54, 1.807) is 0 Å². The minimum Gasteiger partial charge on any atom is -0.785 e. The summed E-state index contributed by atoms with van der Waals surface area (Å²) in [6.45, 7) is 1.99. The van der Waals surface area contributed by atoms with Crippen LogP contribution >= 0.6 is 0 Å². The van der Waals surface area contributed by atoms with Crippen LogP contribution in [0.1, 0.15) is 5.56 Å². The quantitative estimate of drug-likeness (QED) is 0.401. The van der Waals surface area contributed by atoms with Crippen LogP contribution in [0.15, 0.2) is 35.4 Å². The third kappa shape index (κ3) is 4.12. The minimum atomic E-state index is 0. The molecule has 0 saturated carbocycles. The van der Waals surface area contributed by atoms with Gasteiger partial charge in [0.25, 0.3) is 0 Å². The maximum Gasteiger partial charge on any atom is 1.00 e. The van der Waals surface area contributed by atoms with Gasteiger partial charge < -0.3 is 17.9 Å². The third-order valence-electron chi connectivity index (χ3n) is 1.54. The molecule has 0 unspecified atom stereocenters. The molecule has 1 N–H and O–H groups in total. The number of benzene rings is 1. The Labute approximate surface area is 112 Å². The Morgan fingerprint density at radius 2 is 2.29 bits per heavy atom. The molecule has 0 aliphatic heterocycles. The standard InChI is InChI=1S/C10H10N2S.Na/c1-8-3-2-4-9(5-8)12-10(6-11)7-13;/h2-5,7,12-13H,1H3;/q;+1/p-1/b10-7+;. The van der Waals surface area contributed by atoms with Gasteiger partial charge in [-0.3, -0.25) is 0 Å². The molecule has 0 heterocycles. The van der Waals surface area contributed by atoms with E-state index in [2.05, 4.69) is 17.9 Å². The van der Waals surface area contributed by atoms with Crippen molar-refractivity contribution in [1.82, 2.24) is 0 Å². The second-order valence-corrected chi connectivity index (χ2v) is 2.87. The molecule has 1 aromatic rings. The second-order valence-electron chi connectivity index (χ2n) is 2.64. The van der Waals surface area contributed by atoms with Gasteiger partial charge in [-0.15, -0.1) is 0 Å². The van der Waals surface area contributed by atoms with Crippen molar-refractivity contribution in [1.29, 1.82) is 5.26 Å². The SMILES string of the molecule is Cc1cccc(N/C(C#N)=C/[S-])c1.[Na+]. The number of nitriles is 1. The number of aryl methyl sites for hydroxylation is 1. The Balaban J connectivity index is 0.00000169. The van der Waals surface area contributed by atoms with E-state index in [0.29, 0.717) is 5.70 Å². The first-order chi connectivity index (χ1) is 6.26. The summed E-state index contributed by atoms with van der Waals surface area (Å²) in [6.07, 6.45) is 0. The molecule has 4 heteroatoms. The first-order valence-corrected chi connectivity index (χ1v) is 4.29. The number of hydrogen-bond acceptors (Lipinski definition) is 3. The summed E-state index contributed by atoms with van der Waals surface area (Å²) >= 11 is 4.66. The fourth-order valence-corrected chi connectivity index (χ4v) is 1.07. The zero-order chi connectivity index (χ0) is 9.68. The van der Waals surface area contributed by atoms with E-state index >= 15 is 0 Å². The molecule has 0 spiro atoms. The summed E-state index contributed by atoms with van der Waals surface area (Å²) in [6, 6.07) is 9.73. The van der Waals surface area contributed by atoms with Gasteiger partial charge in [0.15, 0.2) is 0 Å². The second kappa shape index (κ2) is 6.86. The first kappa shape index (κ1) is 13.5. The molecule has 1 rings (SSSR count). The van der Waals surface area contributed by atoms with Crippen LogP contribution in [-0.4, -0.2) is 0 Å². The number of nitrogens with one attached hydrogen (secondary N) is 1. The Morgan fingerprint density at radius 1 is 1.57 bits per heavy atom. The number of allylic oxidation sites excluding steroid dienone is 1. The van der Waals surface area contributed by atoms with E-state index in [9.17, 15) is 0 Å². The molecular formula is C10H9N2NaS. The van der Waals surface area contributed by atoms with Crippen molar-refractivity contribution in [3.05, 3.63) is 40.9 Å². The van der Waals surface area contributed by atoms with E-state index in [0.717, 1.165) is 11.3 Å². The zero-order valence-corrected chi connectivity index (χ0v) is 11.1. The van der Waals surface area contributed by atoms with Crippen LogP contribution in [0.4, 0.5) is 5.69 Å². The number of nitrogens with zero attached hydrogens (tertiary/aromatic N) is 1. The van der Waals surface area contributed by atoms with E-state index in [1.807, 2.05) is 37.3 Å². The summed E-state index contributed by atoms with van der Waals surface area (Å²) < 4.78 is 0. The van der Waals surface area contributed by atoms with Crippen molar-refractivity contribution >= 4 is 18.3 Å². The van der Waals surface area contributed by atoms with Crippen molar-refractivity contribution in [2.45, 2.75) is 6.92 Å². The number of anilines is 1. The maximum atomic E-state index is 8.61. The van der Waals surface area contributed by atoms with Crippen molar-refractivity contribution in [2.24, 2.45) is 0 Å². The van der Waals surface area contributed by atoms with Gasteiger partial charge in [-0.1, -0.05) is 12.1 Å². The van der Waals surface area contributed by atoms with Crippen LogP contribution in [-0.2, 0) is 12.6 Å². The molecule has 0 aliphatic carbocycles. The molecule has 66 valence electrons.